The average Bonchev–Trinajstić information content (AvgIpc) is 2.69. The van der Waals surface area contributed by atoms with E-state index in [0.29, 0.717) is 16.7 Å². The number of rotatable bonds is 4. The van der Waals surface area contributed by atoms with Crippen molar-refractivity contribution in [1.82, 2.24) is 4.98 Å². The molecule has 2 N–H and O–H groups in total. The third kappa shape index (κ3) is 3.08. The van der Waals surface area contributed by atoms with Crippen molar-refractivity contribution in [3.63, 3.8) is 0 Å². The third-order valence-corrected chi connectivity index (χ3v) is 4.08. The van der Waals surface area contributed by atoms with E-state index in [-0.39, 0.29) is 18.2 Å². The van der Waals surface area contributed by atoms with Crippen LogP contribution in [0.2, 0.25) is 0 Å². The first-order chi connectivity index (χ1) is 12.7. The van der Waals surface area contributed by atoms with Gasteiger partial charge in [-0.25, -0.2) is 0 Å². The summed E-state index contributed by atoms with van der Waals surface area (Å²) >= 11 is 0. The van der Waals surface area contributed by atoms with Crippen LogP contribution in [-0.2, 0) is 0 Å². The minimum Gasteiger partial charge on any atom is -0.478 e. The van der Waals surface area contributed by atoms with E-state index in [0.717, 1.165) is 16.7 Å². The second-order valence-electron chi connectivity index (χ2n) is 5.74. The molecule has 0 spiro atoms. The molecule has 128 valence electrons. The van der Waals surface area contributed by atoms with Crippen LogP contribution in [0.15, 0.2) is 82.0 Å². The highest BCUT2D eigenvalue weighted by molar-refractivity contribution is 5.78. The SMILES string of the molecule is NCOc1ccc2c(=O)nc(-c3ccc(-c4ccccc4)cc3)oc2c1. The number of nitrogens with two attached hydrogens (primary N) is 1. The van der Waals surface area contributed by atoms with Crippen molar-refractivity contribution in [2.45, 2.75) is 0 Å². The Hall–Kier alpha value is -3.44. The fourth-order valence-corrected chi connectivity index (χ4v) is 2.79. The number of aromatic nitrogens is 1. The molecule has 0 unspecified atom stereocenters. The van der Waals surface area contributed by atoms with Gasteiger partial charge >= 0.3 is 0 Å². The molecule has 0 aliphatic rings. The zero-order valence-electron chi connectivity index (χ0n) is 13.9. The van der Waals surface area contributed by atoms with Crippen LogP contribution >= 0.6 is 0 Å². The van der Waals surface area contributed by atoms with E-state index in [1.165, 1.54) is 0 Å². The van der Waals surface area contributed by atoms with Crippen molar-refractivity contribution in [3.05, 3.63) is 83.2 Å². The number of fused-ring (bicyclic) bond motifs is 1. The standard InChI is InChI=1S/C21H16N2O3/c22-13-25-17-10-11-18-19(12-17)26-21(23-20(18)24)16-8-6-15(7-9-16)14-4-2-1-3-5-14/h1-12H,13,22H2. The first-order valence-electron chi connectivity index (χ1n) is 8.18. The lowest BCUT2D eigenvalue weighted by Crippen LogP contribution is -2.09. The molecule has 0 aliphatic carbocycles. The quantitative estimate of drug-likeness (QED) is 0.570. The van der Waals surface area contributed by atoms with Gasteiger partial charge in [0.25, 0.3) is 5.56 Å². The predicted octanol–water partition coefficient (Wildman–Crippen LogP) is 3.82. The lowest BCUT2D eigenvalue weighted by molar-refractivity contribution is 0.329. The molecule has 0 fully saturated rings. The van der Waals surface area contributed by atoms with Gasteiger partial charge in [-0.15, -0.1) is 0 Å². The molecule has 0 aliphatic heterocycles. The van der Waals surface area contributed by atoms with Gasteiger partial charge in [0.2, 0.25) is 5.89 Å². The number of hydrogen-bond donors (Lipinski definition) is 1. The number of nitrogens with zero attached hydrogens (tertiary/aromatic N) is 1. The summed E-state index contributed by atoms with van der Waals surface area (Å²) in [7, 11) is 0. The molecule has 3 aromatic carbocycles. The van der Waals surface area contributed by atoms with Gasteiger partial charge in [-0.2, -0.15) is 4.98 Å². The highest BCUT2D eigenvalue weighted by Gasteiger charge is 2.10. The van der Waals surface area contributed by atoms with Crippen molar-refractivity contribution in [3.8, 4) is 28.3 Å². The molecule has 4 rings (SSSR count). The summed E-state index contributed by atoms with van der Waals surface area (Å²) in [5.41, 5.74) is 8.40. The molecule has 0 amide bonds. The second-order valence-corrected chi connectivity index (χ2v) is 5.74. The summed E-state index contributed by atoms with van der Waals surface area (Å²) < 4.78 is 11.1. The van der Waals surface area contributed by atoms with Crippen molar-refractivity contribution >= 4 is 11.0 Å². The van der Waals surface area contributed by atoms with Gasteiger partial charge in [0.1, 0.15) is 18.1 Å². The Labute approximate surface area is 149 Å². The summed E-state index contributed by atoms with van der Waals surface area (Å²) in [5.74, 6) is 0.812. The third-order valence-electron chi connectivity index (χ3n) is 4.08. The Morgan fingerprint density at radius 3 is 2.31 bits per heavy atom. The van der Waals surface area contributed by atoms with Crippen molar-refractivity contribution in [2.24, 2.45) is 5.73 Å². The summed E-state index contributed by atoms with van der Waals surface area (Å²) in [4.78, 5) is 16.4. The second kappa shape index (κ2) is 6.82. The van der Waals surface area contributed by atoms with E-state index in [2.05, 4.69) is 4.98 Å². The smallest absolute Gasteiger partial charge is 0.284 e. The first-order valence-corrected chi connectivity index (χ1v) is 8.18. The molecular formula is C21H16N2O3. The van der Waals surface area contributed by atoms with Crippen LogP contribution in [0, 0.1) is 0 Å². The van der Waals surface area contributed by atoms with Gasteiger partial charge in [-0.1, -0.05) is 42.5 Å². The van der Waals surface area contributed by atoms with E-state index in [1.54, 1.807) is 18.2 Å². The van der Waals surface area contributed by atoms with Crippen molar-refractivity contribution in [2.75, 3.05) is 6.73 Å². The molecule has 1 heterocycles. The van der Waals surface area contributed by atoms with Gasteiger partial charge in [0.05, 0.1) is 5.39 Å². The van der Waals surface area contributed by atoms with Gasteiger partial charge in [0.15, 0.2) is 0 Å². The van der Waals surface area contributed by atoms with Crippen LogP contribution in [-0.4, -0.2) is 11.7 Å². The topological polar surface area (TPSA) is 78.4 Å². The van der Waals surface area contributed by atoms with Gasteiger partial charge < -0.3 is 9.15 Å². The molecule has 0 radical (unpaired) electrons. The van der Waals surface area contributed by atoms with Crippen LogP contribution in [0.4, 0.5) is 0 Å². The highest BCUT2D eigenvalue weighted by Crippen LogP contribution is 2.26. The summed E-state index contributed by atoms with van der Waals surface area (Å²) in [6.45, 7) is 0.0502. The first kappa shape index (κ1) is 16.1. The Kier molecular flexibility index (Phi) is 4.21. The molecule has 26 heavy (non-hydrogen) atoms. The molecule has 0 saturated carbocycles. The van der Waals surface area contributed by atoms with E-state index in [4.69, 9.17) is 14.9 Å². The Morgan fingerprint density at radius 2 is 1.58 bits per heavy atom. The van der Waals surface area contributed by atoms with Crippen LogP contribution in [0.3, 0.4) is 0 Å². The Morgan fingerprint density at radius 1 is 0.885 bits per heavy atom. The normalized spacial score (nSPS) is 10.8. The largest absolute Gasteiger partial charge is 0.478 e. The van der Waals surface area contributed by atoms with Crippen LogP contribution < -0.4 is 16.0 Å². The van der Waals surface area contributed by atoms with Gasteiger partial charge in [-0.3, -0.25) is 10.5 Å². The van der Waals surface area contributed by atoms with E-state index < -0.39 is 0 Å². The molecule has 1 aromatic heterocycles. The fourth-order valence-electron chi connectivity index (χ4n) is 2.79. The Bertz CT molecular complexity index is 1100. The lowest BCUT2D eigenvalue weighted by atomic mass is 10.0. The van der Waals surface area contributed by atoms with Crippen LogP contribution in [0.5, 0.6) is 5.75 Å². The number of benzene rings is 3. The summed E-state index contributed by atoms with van der Waals surface area (Å²) in [6, 6.07) is 22.7. The van der Waals surface area contributed by atoms with E-state index in [9.17, 15) is 4.79 Å². The summed E-state index contributed by atoms with van der Waals surface area (Å²) in [6.07, 6.45) is 0. The van der Waals surface area contributed by atoms with Crippen LogP contribution in [0.1, 0.15) is 0 Å². The number of hydrogen-bond acceptors (Lipinski definition) is 5. The Balaban J connectivity index is 1.75. The molecule has 5 nitrogen and oxygen atoms in total. The maximum atomic E-state index is 12.3. The molecule has 5 heteroatoms. The van der Waals surface area contributed by atoms with E-state index >= 15 is 0 Å². The summed E-state index contributed by atoms with van der Waals surface area (Å²) in [5, 5.41) is 0.402. The monoisotopic (exact) mass is 344 g/mol. The minimum absolute atomic E-state index is 0.0502. The highest BCUT2D eigenvalue weighted by atomic mass is 16.5. The maximum Gasteiger partial charge on any atom is 0.284 e. The molecule has 4 aromatic rings. The van der Waals surface area contributed by atoms with Gasteiger partial charge in [0, 0.05) is 11.6 Å². The van der Waals surface area contributed by atoms with E-state index in [1.807, 2.05) is 54.6 Å². The van der Waals surface area contributed by atoms with Crippen molar-refractivity contribution in [1.29, 1.82) is 0 Å². The predicted molar refractivity (Wildman–Crippen MR) is 101 cm³/mol. The zero-order valence-corrected chi connectivity index (χ0v) is 13.9. The molecule has 0 saturated heterocycles. The molecular weight excluding hydrogens is 328 g/mol. The van der Waals surface area contributed by atoms with Crippen molar-refractivity contribution < 1.29 is 9.15 Å². The average molecular weight is 344 g/mol. The number of ether oxygens (including phenoxy) is 1. The zero-order chi connectivity index (χ0) is 17.9. The maximum absolute atomic E-state index is 12.3. The van der Waals surface area contributed by atoms with Crippen LogP contribution in [0.25, 0.3) is 33.6 Å². The molecule has 0 bridgehead atoms. The lowest BCUT2D eigenvalue weighted by Gasteiger charge is -2.06. The molecule has 0 atom stereocenters. The fraction of sp³-hybridized carbons (Fsp3) is 0.0476. The minimum atomic E-state index is -0.340. The van der Waals surface area contributed by atoms with Gasteiger partial charge in [-0.05, 0) is 35.4 Å².